The van der Waals surface area contributed by atoms with Crippen LogP contribution in [0.3, 0.4) is 0 Å². The Morgan fingerprint density at radius 1 is 1.78 bits per heavy atom. The summed E-state index contributed by atoms with van der Waals surface area (Å²) in [4.78, 5) is 0. The van der Waals surface area contributed by atoms with Gasteiger partial charge in [0.2, 0.25) is 0 Å². The van der Waals surface area contributed by atoms with Gasteiger partial charge in [0, 0.05) is 12.8 Å². The van der Waals surface area contributed by atoms with E-state index in [9.17, 15) is 0 Å². The average Bonchev–Trinajstić information content (AvgIpc) is 2.17. The summed E-state index contributed by atoms with van der Waals surface area (Å²) in [5, 5.41) is 6.78. The molecule has 1 aromatic heterocycles. The molecule has 0 aromatic carbocycles. The normalized spacial score (nSPS) is 10.0. The molecular weight excluding hydrogens is 116 g/mol. The van der Waals surface area contributed by atoms with Crippen molar-refractivity contribution in [1.29, 1.82) is 0 Å². The fourth-order valence-corrected chi connectivity index (χ4v) is 0.696. The number of rotatable bonds is 2. The van der Waals surface area contributed by atoms with E-state index in [4.69, 9.17) is 4.74 Å². The lowest BCUT2D eigenvalue weighted by molar-refractivity contribution is 0.181. The lowest BCUT2D eigenvalue weighted by Crippen LogP contribution is -1.85. The highest BCUT2D eigenvalue weighted by Gasteiger charge is 1.93. The van der Waals surface area contributed by atoms with Gasteiger partial charge < -0.3 is 4.74 Å². The van der Waals surface area contributed by atoms with Gasteiger partial charge in [0.15, 0.2) is 0 Å². The first-order valence-corrected chi connectivity index (χ1v) is 2.83. The first-order valence-electron chi connectivity index (χ1n) is 2.83. The third-order valence-electron chi connectivity index (χ3n) is 1.05. The Hall–Kier alpha value is -0.830. The van der Waals surface area contributed by atoms with Gasteiger partial charge in [0.05, 0.1) is 12.3 Å². The average molecular weight is 126 g/mol. The molecule has 0 aliphatic carbocycles. The van der Waals surface area contributed by atoms with Gasteiger partial charge in [-0.3, -0.25) is 5.10 Å². The number of nitrogens with one attached hydrogen (secondary N) is 1. The van der Waals surface area contributed by atoms with Crippen molar-refractivity contribution in [3.63, 3.8) is 0 Å². The second kappa shape index (κ2) is 2.64. The minimum Gasteiger partial charge on any atom is -0.378 e. The minimum atomic E-state index is 0.588. The first-order chi connectivity index (χ1) is 4.33. The lowest BCUT2D eigenvalue weighted by atomic mass is 10.4. The summed E-state index contributed by atoms with van der Waals surface area (Å²) in [7, 11) is 1.66. The van der Waals surface area contributed by atoms with Gasteiger partial charge in [0.1, 0.15) is 0 Å². The number of aryl methyl sites for hydroxylation is 1. The Balaban J connectivity index is 2.61. The van der Waals surface area contributed by atoms with Gasteiger partial charge in [-0.25, -0.2) is 0 Å². The van der Waals surface area contributed by atoms with Crippen LogP contribution in [0, 0.1) is 6.92 Å². The van der Waals surface area contributed by atoms with Crippen LogP contribution in [0.5, 0.6) is 0 Å². The summed E-state index contributed by atoms with van der Waals surface area (Å²) in [6.45, 7) is 2.55. The molecule has 3 nitrogen and oxygen atoms in total. The van der Waals surface area contributed by atoms with Crippen LogP contribution in [0.4, 0.5) is 0 Å². The van der Waals surface area contributed by atoms with E-state index in [1.54, 1.807) is 7.11 Å². The Bertz CT molecular complexity index is 183. The molecule has 1 N–H and O–H groups in total. The predicted molar refractivity (Wildman–Crippen MR) is 34.0 cm³/mol. The smallest absolute Gasteiger partial charge is 0.0902 e. The molecule has 50 valence electrons. The van der Waals surface area contributed by atoms with Crippen molar-refractivity contribution in [2.45, 2.75) is 13.5 Å². The van der Waals surface area contributed by atoms with Gasteiger partial charge in [-0.2, -0.15) is 5.10 Å². The number of methoxy groups -OCH3 is 1. The van der Waals surface area contributed by atoms with Gasteiger partial charge in [-0.1, -0.05) is 0 Å². The largest absolute Gasteiger partial charge is 0.378 e. The van der Waals surface area contributed by atoms with Gasteiger partial charge >= 0.3 is 0 Å². The van der Waals surface area contributed by atoms with Crippen molar-refractivity contribution in [2.24, 2.45) is 0 Å². The minimum absolute atomic E-state index is 0.588. The second-order valence-corrected chi connectivity index (χ2v) is 1.98. The molecule has 0 aliphatic heterocycles. The molecule has 0 saturated heterocycles. The fraction of sp³-hybridized carbons (Fsp3) is 0.500. The molecule has 0 aliphatic rings. The highest BCUT2D eigenvalue weighted by atomic mass is 16.5. The maximum absolute atomic E-state index is 4.86. The standard InChI is InChI=1S/C6H10N2O/c1-5-3-6(4-9-2)8-7-5/h3H,4H2,1-2H3,(H,7,8). The quantitative estimate of drug-likeness (QED) is 0.638. The summed E-state index contributed by atoms with van der Waals surface area (Å²) in [6.07, 6.45) is 0. The molecule has 0 unspecified atom stereocenters. The SMILES string of the molecule is COCc1cc(C)[nH]n1. The molecule has 1 rings (SSSR count). The predicted octanol–water partition coefficient (Wildman–Crippen LogP) is 0.865. The van der Waals surface area contributed by atoms with Crippen molar-refractivity contribution in [1.82, 2.24) is 10.2 Å². The molecule has 3 heteroatoms. The van der Waals surface area contributed by atoms with Crippen LogP contribution in [0.1, 0.15) is 11.4 Å². The number of nitrogens with zero attached hydrogens (tertiary/aromatic N) is 1. The third kappa shape index (κ3) is 1.54. The van der Waals surface area contributed by atoms with E-state index in [1.807, 2.05) is 13.0 Å². The van der Waals surface area contributed by atoms with Crippen LogP contribution >= 0.6 is 0 Å². The molecule has 0 radical (unpaired) electrons. The van der Waals surface area contributed by atoms with Crippen molar-refractivity contribution < 1.29 is 4.74 Å². The van der Waals surface area contributed by atoms with Crippen molar-refractivity contribution >= 4 is 0 Å². The van der Waals surface area contributed by atoms with Crippen LogP contribution in [0.15, 0.2) is 6.07 Å². The molecule has 1 aromatic rings. The molecule has 0 amide bonds. The molecule has 0 saturated carbocycles. The lowest BCUT2D eigenvalue weighted by Gasteiger charge is -1.87. The van der Waals surface area contributed by atoms with Crippen molar-refractivity contribution in [2.75, 3.05) is 7.11 Å². The van der Waals surface area contributed by atoms with Crippen LogP contribution < -0.4 is 0 Å². The number of hydrogen-bond donors (Lipinski definition) is 1. The molecule has 1 heterocycles. The van der Waals surface area contributed by atoms with Gasteiger partial charge in [0.25, 0.3) is 0 Å². The van der Waals surface area contributed by atoms with E-state index >= 15 is 0 Å². The highest BCUT2D eigenvalue weighted by molar-refractivity contribution is 5.04. The fourth-order valence-electron chi connectivity index (χ4n) is 0.696. The molecule has 0 bridgehead atoms. The Morgan fingerprint density at radius 3 is 3.00 bits per heavy atom. The summed E-state index contributed by atoms with van der Waals surface area (Å²) in [6, 6.07) is 1.96. The number of hydrogen-bond acceptors (Lipinski definition) is 2. The summed E-state index contributed by atoms with van der Waals surface area (Å²) in [5.41, 5.74) is 2.03. The van der Waals surface area contributed by atoms with Crippen LogP contribution in [0.25, 0.3) is 0 Å². The van der Waals surface area contributed by atoms with E-state index in [-0.39, 0.29) is 0 Å². The van der Waals surface area contributed by atoms with E-state index in [1.165, 1.54) is 0 Å². The zero-order chi connectivity index (χ0) is 6.69. The van der Waals surface area contributed by atoms with Crippen LogP contribution in [0.2, 0.25) is 0 Å². The Morgan fingerprint density at radius 2 is 2.56 bits per heavy atom. The van der Waals surface area contributed by atoms with Crippen molar-refractivity contribution in [3.05, 3.63) is 17.5 Å². The molecular formula is C6H10N2O. The second-order valence-electron chi connectivity index (χ2n) is 1.98. The van der Waals surface area contributed by atoms with E-state index in [0.29, 0.717) is 6.61 Å². The number of aromatic amines is 1. The molecule has 0 fully saturated rings. The number of H-pyrrole nitrogens is 1. The Kier molecular flexibility index (Phi) is 1.85. The van der Waals surface area contributed by atoms with Crippen LogP contribution in [-0.4, -0.2) is 17.3 Å². The van der Waals surface area contributed by atoms with Crippen LogP contribution in [-0.2, 0) is 11.3 Å². The van der Waals surface area contributed by atoms with E-state index < -0.39 is 0 Å². The zero-order valence-corrected chi connectivity index (χ0v) is 5.64. The maximum atomic E-state index is 4.86. The number of ether oxygens (including phenoxy) is 1. The molecule has 9 heavy (non-hydrogen) atoms. The zero-order valence-electron chi connectivity index (χ0n) is 5.64. The van der Waals surface area contributed by atoms with Crippen molar-refractivity contribution in [3.8, 4) is 0 Å². The molecule has 0 spiro atoms. The van der Waals surface area contributed by atoms with E-state index in [2.05, 4.69) is 10.2 Å². The third-order valence-corrected chi connectivity index (χ3v) is 1.05. The van der Waals surface area contributed by atoms with Gasteiger partial charge in [-0.05, 0) is 13.0 Å². The first kappa shape index (κ1) is 6.29. The number of aromatic nitrogens is 2. The topological polar surface area (TPSA) is 37.9 Å². The van der Waals surface area contributed by atoms with Gasteiger partial charge in [-0.15, -0.1) is 0 Å². The summed E-state index contributed by atoms with van der Waals surface area (Å²) < 4.78 is 4.86. The summed E-state index contributed by atoms with van der Waals surface area (Å²) >= 11 is 0. The highest BCUT2D eigenvalue weighted by Crippen LogP contribution is 1.97. The maximum Gasteiger partial charge on any atom is 0.0902 e. The summed E-state index contributed by atoms with van der Waals surface area (Å²) in [5.74, 6) is 0. The van der Waals surface area contributed by atoms with E-state index in [0.717, 1.165) is 11.4 Å². The Labute approximate surface area is 54.0 Å². The molecule has 0 atom stereocenters. The monoisotopic (exact) mass is 126 g/mol.